The molecule has 0 radical (unpaired) electrons. The Labute approximate surface area is 159 Å². The molecule has 1 amide bonds. The Morgan fingerprint density at radius 3 is 3.00 bits per heavy atom. The van der Waals surface area contributed by atoms with E-state index in [2.05, 4.69) is 33.8 Å². The van der Waals surface area contributed by atoms with Crippen molar-refractivity contribution in [2.75, 3.05) is 13.7 Å². The molecule has 5 nitrogen and oxygen atoms in total. The predicted octanol–water partition coefficient (Wildman–Crippen LogP) is 3.37. The molecule has 142 valence electrons. The second-order valence-corrected chi connectivity index (χ2v) is 8.01. The van der Waals surface area contributed by atoms with Gasteiger partial charge in [-0.1, -0.05) is 25.2 Å². The van der Waals surface area contributed by atoms with E-state index in [0.717, 1.165) is 43.7 Å². The highest BCUT2D eigenvalue weighted by molar-refractivity contribution is 7.09. The molecular weight excluding hydrogens is 346 g/mol. The zero-order chi connectivity index (χ0) is 18.4. The Morgan fingerprint density at radius 1 is 1.50 bits per heavy atom. The summed E-state index contributed by atoms with van der Waals surface area (Å²) < 4.78 is 5.68. The quantitative estimate of drug-likeness (QED) is 0.731. The molecule has 0 bridgehead atoms. The fraction of sp³-hybridized carbons (Fsp3) is 0.600. The number of carbonyl (C=O) groups is 1. The van der Waals surface area contributed by atoms with Gasteiger partial charge in [-0.2, -0.15) is 0 Å². The number of methoxy groups -OCH3 is 1. The molecular formula is C20H29N3O2S. The molecule has 2 heterocycles. The van der Waals surface area contributed by atoms with Gasteiger partial charge < -0.3 is 15.4 Å². The van der Waals surface area contributed by atoms with Crippen molar-refractivity contribution in [2.24, 2.45) is 5.92 Å². The molecule has 1 saturated heterocycles. The third kappa shape index (κ3) is 4.81. The first-order valence-corrected chi connectivity index (χ1v) is 10.4. The Hall–Kier alpha value is -1.50. The molecule has 26 heavy (non-hydrogen) atoms. The van der Waals surface area contributed by atoms with Crippen molar-refractivity contribution in [1.82, 2.24) is 15.6 Å². The van der Waals surface area contributed by atoms with E-state index in [1.165, 1.54) is 5.57 Å². The van der Waals surface area contributed by atoms with Crippen LogP contribution in [0.5, 0.6) is 0 Å². The second kappa shape index (κ2) is 9.44. The van der Waals surface area contributed by atoms with Crippen LogP contribution in [0.2, 0.25) is 0 Å². The summed E-state index contributed by atoms with van der Waals surface area (Å²) in [6.07, 6.45) is 13.5. The molecule has 3 rings (SSSR count). The lowest BCUT2D eigenvalue weighted by molar-refractivity contribution is -0.130. The van der Waals surface area contributed by atoms with Gasteiger partial charge in [-0.15, -0.1) is 11.3 Å². The number of nitrogens with zero attached hydrogens (tertiary/aromatic N) is 1. The number of aromatic nitrogens is 1. The molecule has 0 saturated carbocycles. The van der Waals surface area contributed by atoms with E-state index in [0.29, 0.717) is 0 Å². The lowest BCUT2D eigenvalue weighted by Crippen LogP contribution is -2.47. The minimum Gasteiger partial charge on any atom is -0.379 e. The Bertz CT molecular complexity index is 635. The summed E-state index contributed by atoms with van der Waals surface area (Å²) in [7, 11) is 1.70. The first-order chi connectivity index (χ1) is 12.7. The molecule has 0 spiro atoms. The maximum atomic E-state index is 13.0. The molecule has 1 aliphatic heterocycles. The summed E-state index contributed by atoms with van der Waals surface area (Å²) in [5.74, 6) is -0.180. The van der Waals surface area contributed by atoms with E-state index < -0.39 is 0 Å². The zero-order valence-electron chi connectivity index (χ0n) is 15.6. The number of nitrogens with one attached hydrogen (secondary N) is 2. The largest absolute Gasteiger partial charge is 0.379 e. The number of hydrogen-bond acceptors (Lipinski definition) is 5. The van der Waals surface area contributed by atoms with Gasteiger partial charge in [0.15, 0.2) is 0 Å². The first kappa shape index (κ1) is 19.3. The van der Waals surface area contributed by atoms with E-state index in [1.807, 2.05) is 12.3 Å². The third-order valence-corrected chi connectivity index (χ3v) is 6.14. The topological polar surface area (TPSA) is 63.2 Å². The lowest BCUT2D eigenvalue weighted by Gasteiger charge is -2.29. The van der Waals surface area contributed by atoms with Crippen molar-refractivity contribution in [2.45, 2.75) is 57.2 Å². The van der Waals surface area contributed by atoms with Crippen LogP contribution in [0.4, 0.5) is 0 Å². The van der Waals surface area contributed by atoms with E-state index >= 15 is 0 Å². The summed E-state index contributed by atoms with van der Waals surface area (Å²) in [6.45, 7) is 2.96. The van der Waals surface area contributed by atoms with Crippen molar-refractivity contribution < 1.29 is 9.53 Å². The van der Waals surface area contributed by atoms with Crippen LogP contribution in [0, 0.1) is 5.92 Å². The number of allylic oxidation sites excluding steroid dienone is 3. The SMILES string of the molecule is COC(C1CCCN1)C(C)C(=O)NC(CC1=CCCC=C1)c1nccs1. The van der Waals surface area contributed by atoms with Crippen LogP contribution in [0.3, 0.4) is 0 Å². The second-order valence-electron chi connectivity index (χ2n) is 7.09. The van der Waals surface area contributed by atoms with Gasteiger partial charge >= 0.3 is 0 Å². The Morgan fingerprint density at radius 2 is 2.38 bits per heavy atom. The van der Waals surface area contributed by atoms with Gasteiger partial charge in [0.25, 0.3) is 0 Å². The highest BCUT2D eigenvalue weighted by Crippen LogP contribution is 2.27. The summed E-state index contributed by atoms with van der Waals surface area (Å²) >= 11 is 1.59. The van der Waals surface area contributed by atoms with Crippen LogP contribution >= 0.6 is 11.3 Å². The normalized spacial score (nSPS) is 23.3. The Balaban J connectivity index is 1.67. The number of carbonyl (C=O) groups excluding carboxylic acids is 1. The number of hydrogen-bond donors (Lipinski definition) is 2. The molecule has 1 aromatic heterocycles. The maximum Gasteiger partial charge on any atom is 0.226 e. The number of thiazole rings is 1. The standard InChI is InChI=1S/C20H29N3O2S/c1-14(18(25-2)16-9-6-10-21-16)19(24)23-17(20-22-11-12-26-20)13-15-7-4-3-5-8-15/h4,7-8,11-12,14,16-18,21H,3,5-6,9-10,13H2,1-2H3,(H,23,24). The number of ether oxygens (including phenoxy) is 1. The molecule has 4 atom stereocenters. The molecule has 4 unspecified atom stereocenters. The van der Waals surface area contributed by atoms with Crippen LogP contribution in [0.15, 0.2) is 35.4 Å². The van der Waals surface area contributed by atoms with Gasteiger partial charge in [-0.3, -0.25) is 4.79 Å². The van der Waals surface area contributed by atoms with Gasteiger partial charge in [0.2, 0.25) is 5.91 Å². The summed E-state index contributed by atoms with van der Waals surface area (Å²) in [4.78, 5) is 17.4. The van der Waals surface area contributed by atoms with Gasteiger partial charge in [-0.25, -0.2) is 4.98 Å². The number of amides is 1. The number of rotatable bonds is 8. The minimum atomic E-state index is -0.214. The third-order valence-electron chi connectivity index (χ3n) is 5.25. The molecule has 6 heteroatoms. The lowest BCUT2D eigenvalue weighted by atomic mass is 9.94. The molecule has 1 aromatic rings. The molecule has 1 fully saturated rings. The summed E-state index contributed by atoms with van der Waals surface area (Å²) in [5.41, 5.74) is 1.27. The monoisotopic (exact) mass is 375 g/mol. The van der Waals surface area contributed by atoms with E-state index in [4.69, 9.17) is 4.74 Å². The van der Waals surface area contributed by atoms with Crippen molar-refractivity contribution in [1.29, 1.82) is 0 Å². The zero-order valence-corrected chi connectivity index (χ0v) is 16.4. The Kier molecular flexibility index (Phi) is 7.00. The van der Waals surface area contributed by atoms with Crippen LogP contribution in [-0.2, 0) is 9.53 Å². The predicted molar refractivity (Wildman–Crippen MR) is 105 cm³/mol. The van der Waals surface area contributed by atoms with Gasteiger partial charge in [-0.05, 0) is 44.2 Å². The van der Waals surface area contributed by atoms with Gasteiger partial charge in [0, 0.05) is 24.7 Å². The molecule has 1 aliphatic carbocycles. The summed E-state index contributed by atoms with van der Waals surface area (Å²) in [6, 6.07) is 0.163. The minimum absolute atomic E-state index is 0.0335. The van der Waals surface area contributed by atoms with Crippen LogP contribution in [0.1, 0.15) is 50.1 Å². The van der Waals surface area contributed by atoms with Crippen LogP contribution in [-0.4, -0.2) is 36.7 Å². The van der Waals surface area contributed by atoms with Gasteiger partial charge in [0.05, 0.1) is 18.1 Å². The molecule has 2 N–H and O–H groups in total. The fourth-order valence-electron chi connectivity index (χ4n) is 3.82. The van der Waals surface area contributed by atoms with Crippen molar-refractivity contribution >= 4 is 17.2 Å². The van der Waals surface area contributed by atoms with E-state index in [1.54, 1.807) is 24.6 Å². The van der Waals surface area contributed by atoms with Crippen LogP contribution < -0.4 is 10.6 Å². The molecule has 2 aliphatic rings. The fourth-order valence-corrected chi connectivity index (χ4v) is 4.51. The van der Waals surface area contributed by atoms with Gasteiger partial charge in [0.1, 0.15) is 5.01 Å². The average Bonchev–Trinajstić information content (AvgIpc) is 3.37. The van der Waals surface area contributed by atoms with Crippen LogP contribution in [0.25, 0.3) is 0 Å². The van der Waals surface area contributed by atoms with E-state index in [-0.39, 0.29) is 30.0 Å². The maximum absolute atomic E-state index is 13.0. The molecule has 0 aromatic carbocycles. The smallest absolute Gasteiger partial charge is 0.226 e. The van der Waals surface area contributed by atoms with Crippen molar-refractivity contribution in [3.05, 3.63) is 40.4 Å². The first-order valence-electron chi connectivity index (χ1n) is 9.50. The van der Waals surface area contributed by atoms with Crippen molar-refractivity contribution in [3.8, 4) is 0 Å². The average molecular weight is 376 g/mol. The highest BCUT2D eigenvalue weighted by Gasteiger charge is 2.34. The van der Waals surface area contributed by atoms with E-state index in [9.17, 15) is 4.79 Å². The summed E-state index contributed by atoms with van der Waals surface area (Å²) in [5, 5.41) is 9.61. The highest BCUT2D eigenvalue weighted by atomic mass is 32.1. The van der Waals surface area contributed by atoms with Crippen molar-refractivity contribution in [3.63, 3.8) is 0 Å².